The van der Waals surface area contributed by atoms with Crippen LogP contribution < -0.4 is 5.32 Å². The predicted molar refractivity (Wildman–Crippen MR) is 98.3 cm³/mol. The topological polar surface area (TPSA) is 59.3 Å². The van der Waals surface area contributed by atoms with E-state index in [4.69, 9.17) is 5.10 Å². The molecule has 4 rings (SSSR count). The second-order valence-electron chi connectivity index (χ2n) is 5.73. The molecule has 5 nitrogen and oxygen atoms in total. The maximum absolute atomic E-state index is 10.7. The molecule has 0 aliphatic carbocycles. The molecule has 4 aromatic rings. The van der Waals surface area contributed by atoms with Gasteiger partial charge in [0, 0.05) is 23.0 Å². The number of fused-ring (bicyclic) bond motifs is 1. The van der Waals surface area contributed by atoms with Gasteiger partial charge in [-0.2, -0.15) is 5.10 Å². The van der Waals surface area contributed by atoms with E-state index in [0.717, 1.165) is 39.4 Å². The monoisotopic (exact) mass is 328 g/mol. The first-order valence-corrected chi connectivity index (χ1v) is 7.98. The van der Waals surface area contributed by atoms with Crippen LogP contribution in [0.5, 0.6) is 0 Å². The minimum atomic E-state index is 0.673. The molecular weight excluding hydrogens is 312 g/mol. The van der Waals surface area contributed by atoms with E-state index in [2.05, 4.69) is 22.4 Å². The molecular formula is C20H16N4O. The summed E-state index contributed by atoms with van der Waals surface area (Å²) >= 11 is 0. The van der Waals surface area contributed by atoms with Gasteiger partial charge in [-0.15, -0.1) is 0 Å². The molecule has 2 aromatic heterocycles. The SMILES string of the molecule is Cc1nn2c(-c3cccc(NC=O)c3)ccnc2c1-c1ccccc1. The van der Waals surface area contributed by atoms with Crippen molar-refractivity contribution < 1.29 is 4.79 Å². The van der Waals surface area contributed by atoms with Gasteiger partial charge in [0.1, 0.15) is 0 Å². The molecule has 0 saturated carbocycles. The summed E-state index contributed by atoms with van der Waals surface area (Å²) in [6.07, 6.45) is 2.46. The molecule has 2 aromatic carbocycles. The van der Waals surface area contributed by atoms with Crippen molar-refractivity contribution in [3.8, 4) is 22.4 Å². The molecule has 0 unspecified atom stereocenters. The van der Waals surface area contributed by atoms with Gasteiger partial charge in [0.2, 0.25) is 6.41 Å². The van der Waals surface area contributed by atoms with Crippen LogP contribution in [-0.4, -0.2) is 21.0 Å². The van der Waals surface area contributed by atoms with Crippen LogP contribution in [0.3, 0.4) is 0 Å². The second kappa shape index (κ2) is 6.20. The third kappa shape index (κ3) is 2.65. The van der Waals surface area contributed by atoms with Crippen LogP contribution in [0.4, 0.5) is 5.69 Å². The van der Waals surface area contributed by atoms with Gasteiger partial charge in [-0.05, 0) is 30.7 Å². The number of hydrogen-bond donors (Lipinski definition) is 1. The predicted octanol–water partition coefficient (Wildman–Crippen LogP) is 3.94. The highest BCUT2D eigenvalue weighted by Crippen LogP contribution is 2.30. The molecule has 0 atom stereocenters. The normalized spacial score (nSPS) is 10.8. The standard InChI is InChI=1S/C20H16N4O/c1-14-19(15-6-3-2-4-7-15)20-21-11-10-18(24(20)23-14)16-8-5-9-17(12-16)22-13-25/h2-13H,1H3,(H,22,25). The van der Waals surface area contributed by atoms with Gasteiger partial charge >= 0.3 is 0 Å². The molecule has 0 radical (unpaired) electrons. The van der Waals surface area contributed by atoms with Crippen molar-refractivity contribution in [2.24, 2.45) is 0 Å². The zero-order valence-corrected chi connectivity index (χ0v) is 13.7. The molecule has 0 spiro atoms. The molecule has 0 aliphatic heterocycles. The fourth-order valence-corrected chi connectivity index (χ4v) is 3.05. The van der Waals surface area contributed by atoms with Crippen molar-refractivity contribution >= 4 is 17.7 Å². The average molecular weight is 328 g/mol. The summed E-state index contributed by atoms with van der Waals surface area (Å²) in [7, 11) is 0. The highest BCUT2D eigenvalue weighted by molar-refractivity contribution is 5.82. The van der Waals surface area contributed by atoms with E-state index in [0.29, 0.717) is 6.41 Å². The smallest absolute Gasteiger partial charge is 0.211 e. The van der Waals surface area contributed by atoms with Gasteiger partial charge in [-0.1, -0.05) is 42.5 Å². The van der Waals surface area contributed by atoms with E-state index in [1.54, 1.807) is 6.20 Å². The Morgan fingerprint density at radius 1 is 1.00 bits per heavy atom. The lowest BCUT2D eigenvalue weighted by Crippen LogP contribution is -1.98. The third-order valence-electron chi connectivity index (χ3n) is 4.14. The summed E-state index contributed by atoms with van der Waals surface area (Å²) in [5, 5.41) is 7.39. The van der Waals surface area contributed by atoms with Crippen LogP contribution in [-0.2, 0) is 4.79 Å². The number of aryl methyl sites for hydroxylation is 1. The summed E-state index contributed by atoms with van der Waals surface area (Å²) in [5.74, 6) is 0. The fraction of sp³-hybridized carbons (Fsp3) is 0.0500. The van der Waals surface area contributed by atoms with Gasteiger partial charge in [0.05, 0.1) is 11.4 Å². The van der Waals surface area contributed by atoms with Crippen LogP contribution in [0, 0.1) is 6.92 Å². The number of benzene rings is 2. The molecule has 1 amide bonds. The van der Waals surface area contributed by atoms with Crippen LogP contribution in [0.2, 0.25) is 0 Å². The number of carbonyl (C=O) groups is 1. The lowest BCUT2D eigenvalue weighted by Gasteiger charge is -2.07. The summed E-state index contributed by atoms with van der Waals surface area (Å²) < 4.78 is 1.86. The van der Waals surface area contributed by atoms with Crippen LogP contribution in [0.15, 0.2) is 66.9 Å². The van der Waals surface area contributed by atoms with E-state index in [9.17, 15) is 4.79 Å². The lowest BCUT2D eigenvalue weighted by atomic mass is 10.1. The van der Waals surface area contributed by atoms with E-state index >= 15 is 0 Å². The second-order valence-corrected chi connectivity index (χ2v) is 5.73. The van der Waals surface area contributed by atoms with Gasteiger partial charge in [-0.3, -0.25) is 4.79 Å². The largest absolute Gasteiger partial charge is 0.329 e. The Morgan fingerprint density at radius 3 is 2.60 bits per heavy atom. The summed E-state index contributed by atoms with van der Waals surface area (Å²) in [5.41, 5.74) is 6.49. The van der Waals surface area contributed by atoms with Crippen molar-refractivity contribution in [3.05, 3.63) is 72.6 Å². The Hall–Kier alpha value is -3.47. The lowest BCUT2D eigenvalue weighted by molar-refractivity contribution is -0.105. The van der Waals surface area contributed by atoms with Gasteiger partial charge in [0.15, 0.2) is 5.65 Å². The Bertz CT molecular complexity index is 1050. The number of nitrogens with one attached hydrogen (secondary N) is 1. The number of anilines is 1. The molecule has 0 saturated heterocycles. The van der Waals surface area contributed by atoms with E-state index < -0.39 is 0 Å². The summed E-state index contributed by atoms with van der Waals surface area (Å²) in [4.78, 5) is 15.3. The maximum atomic E-state index is 10.7. The Kier molecular flexibility index (Phi) is 3.74. The van der Waals surface area contributed by atoms with E-state index in [-0.39, 0.29) is 0 Å². The molecule has 25 heavy (non-hydrogen) atoms. The molecule has 2 heterocycles. The minimum Gasteiger partial charge on any atom is -0.329 e. The van der Waals surface area contributed by atoms with Gasteiger partial charge < -0.3 is 5.32 Å². The van der Waals surface area contributed by atoms with E-state index in [1.807, 2.05) is 60.0 Å². The van der Waals surface area contributed by atoms with Crippen molar-refractivity contribution in [1.82, 2.24) is 14.6 Å². The van der Waals surface area contributed by atoms with Gasteiger partial charge in [0.25, 0.3) is 0 Å². The molecule has 0 bridgehead atoms. The van der Waals surface area contributed by atoms with Crippen molar-refractivity contribution in [1.29, 1.82) is 0 Å². The number of nitrogens with zero attached hydrogens (tertiary/aromatic N) is 3. The first-order chi connectivity index (χ1) is 12.3. The van der Waals surface area contributed by atoms with Crippen LogP contribution in [0.1, 0.15) is 5.69 Å². The summed E-state index contributed by atoms with van der Waals surface area (Å²) in [6.45, 7) is 1.99. The molecule has 122 valence electrons. The summed E-state index contributed by atoms with van der Waals surface area (Å²) in [6, 6.07) is 19.7. The Labute approximate surface area is 145 Å². The first-order valence-electron chi connectivity index (χ1n) is 7.98. The third-order valence-corrected chi connectivity index (χ3v) is 4.14. The zero-order chi connectivity index (χ0) is 17.2. The zero-order valence-electron chi connectivity index (χ0n) is 13.7. The molecule has 0 fully saturated rings. The van der Waals surface area contributed by atoms with Gasteiger partial charge in [-0.25, -0.2) is 9.50 Å². The number of rotatable bonds is 4. The first kappa shape index (κ1) is 15.1. The highest BCUT2D eigenvalue weighted by atomic mass is 16.1. The highest BCUT2D eigenvalue weighted by Gasteiger charge is 2.15. The Morgan fingerprint density at radius 2 is 1.80 bits per heavy atom. The Balaban J connectivity index is 1.93. The average Bonchev–Trinajstić information content (AvgIpc) is 2.98. The van der Waals surface area contributed by atoms with Crippen LogP contribution >= 0.6 is 0 Å². The van der Waals surface area contributed by atoms with Crippen LogP contribution in [0.25, 0.3) is 28.0 Å². The fourth-order valence-electron chi connectivity index (χ4n) is 3.05. The van der Waals surface area contributed by atoms with Crippen molar-refractivity contribution in [2.75, 3.05) is 5.32 Å². The maximum Gasteiger partial charge on any atom is 0.211 e. The van der Waals surface area contributed by atoms with Crippen molar-refractivity contribution in [2.45, 2.75) is 6.92 Å². The molecule has 0 aliphatic rings. The van der Waals surface area contributed by atoms with Crippen molar-refractivity contribution in [3.63, 3.8) is 0 Å². The number of amides is 1. The minimum absolute atomic E-state index is 0.673. The number of aromatic nitrogens is 3. The number of hydrogen-bond acceptors (Lipinski definition) is 3. The van der Waals surface area contributed by atoms with E-state index in [1.165, 1.54) is 0 Å². The quantitative estimate of drug-likeness (QED) is 0.577. The number of carbonyl (C=O) groups excluding carboxylic acids is 1. The molecule has 1 N–H and O–H groups in total. The molecule has 5 heteroatoms.